The zero-order valence-electron chi connectivity index (χ0n) is 14.1. The summed E-state index contributed by atoms with van der Waals surface area (Å²) in [4.78, 5) is 4.21. The van der Waals surface area contributed by atoms with Crippen molar-refractivity contribution in [3.05, 3.63) is 29.8 Å². The molecule has 6 nitrogen and oxygen atoms in total. The van der Waals surface area contributed by atoms with Gasteiger partial charge in [0.2, 0.25) is 0 Å². The molecule has 0 spiro atoms. The van der Waals surface area contributed by atoms with Crippen LogP contribution in [0.5, 0.6) is 5.75 Å². The number of hydrogen-bond donors (Lipinski definition) is 1. The second-order valence-electron chi connectivity index (χ2n) is 5.49. The molecule has 6 heteroatoms. The van der Waals surface area contributed by atoms with Crippen molar-refractivity contribution >= 4 is 0 Å². The van der Waals surface area contributed by atoms with E-state index in [1.54, 1.807) is 19.9 Å². The summed E-state index contributed by atoms with van der Waals surface area (Å²) in [6.45, 7) is 8.53. The van der Waals surface area contributed by atoms with E-state index in [0.29, 0.717) is 24.8 Å². The van der Waals surface area contributed by atoms with Crippen LogP contribution in [0.1, 0.15) is 39.2 Å². The van der Waals surface area contributed by atoms with Gasteiger partial charge in [0.1, 0.15) is 0 Å². The van der Waals surface area contributed by atoms with E-state index in [1.165, 1.54) is 0 Å². The fourth-order valence-electron chi connectivity index (χ4n) is 1.48. The minimum Gasteiger partial charge on any atom is -0.340 e. The van der Waals surface area contributed by atoms with E-state index in [2.05, 4.69) is 29.0 Å². The predicted octanol–water partition coefficient (Wildman–Crippen LogP) is 4.42. The molecule has 2 atom stereocenters. The molecule has 0 aromatic heterocycles. The molecule has 1 aromatic rings. The van der Waals surface area contributed by atoms with Gasteiger partial charge in [-0.25, -0.2) is 5.26 Å². The first-order chi connectivity index (χ1) is 11.0. The van der Waals surface area contributed by atoms with E-state index in [9.17, 15) is 0 Å². The molecular formula is C17H24N4O2. The lowest BCUT2D eigenvalue weighted by Gasteiger charge is -2.08. The van der Waals surface area contributed by atoms with Crippen molar-refractivity contribution < 1.29 is 10.1 Å². The van der Waals surface area contributed by atoms with Gasteiger partial charge in [0, 0.05) is 5.56 Å². The number of azo groups is 1. The van der Waals surface area contributed by atoms with Crippen LogP contribution in [0.25, 0.3) is 0 Å². The Labute approximate surface area is 138 Å². The molecular weight excluding hydrogens is 292 g/mol. The summed E-state index contributed by atoms with van der Waals surface area (Å²) in [5.74, 6) is 0.734. The molecule has 0 bridgehead atoms. The van der Waals surface area contributed by atoms with Crippen LogP contribution >= 0.6 is 0 Å². The van der Waals surface area contributed by atoms with E-state index in [1.807, 2.05) is 30.3 Å². The van der Waals surface area contributed by atoms with Crippen LogP contribution in [0.15, 0.2) is 34.5 Å². The van der Waals surface area contributed by atoms with Crippen LogP contribution in [0, 0.1) is 34.5 Å². The van der Waals surface area contributed by atoms with Gasteiger partial charge in [-0.05, 0) is 25.8 Å². The van der Waals surface area contributed by atoms with E-state index >= 15 is 0 Å². The van der Waals surface area contributed by atoms with Gasteiger partial charge in [-0.2, -0.15) is 20.8 Å². The zero-order chi connectivity index (χ0) is 17.7. The van der Waals surface area contributed by atoms with Crippen molar-refractivity contribution in [2.24, 2.45) is 22.1 Å². The lowest BCUT2D eigenvalue weighted by atomic mass is 10.0. The Hall–Kier alpha value is -2.44. The predicted molar refractivity (Wildman–Crippen MR) is 87.9 cm³/mol. The molecule has 0 aliphatic rings. The van der Waals surface area contributed by atoms with Crippen molar-refractivity contribution in [3.8, 4) is 17.9 Å². The Morgan fingerprint density at radius 1 is 1.00 bits per heavy atom. The summed E-state index contributed by atoms with van der Waals surface area (Å²) in [6.07, 6.45) is 0. The third kappa shape index (κ3) is 9.23. The van der Waals surface area contributed by atoms with Crippen LogP contribution in [-0.4, -0.2) is 18.3 Å². The average molecular weight is 316 g/mol. The highest BCUT2D eigenvalue weighted by molar-refractivity contribution is 5.34. The van der Waals surface area contributed by atoms with Gasteiger partial charge in [0.15, 0.2) is 5.75 Å². The molecule has 2 unspecified atom stereocenters. The zero-order valence-corrected chi connectivity index (χ0v) is 14.1. The fourth-order valence-corrected chi connectivity index (χ4v) is 1.48. The van der Waals surface area contributed by atoms with Crippen LogP contribution in [-0.2, 0) is 0 Å². The summed E-state index contributed by atoms with van der Waals surface area (Å²) in [5, 5.41) is 32.8. The number of nitriles is 2. The van der Waals surface area contributed by atoms with E-state index in [0.717, 1.165) is 5.56 Å². The van der Waals surface area contributed by atoms with E-state index in [-0.39, 0.29) is 11.8 Å². The molecule has 0 saturated heterocycles. The van der Waals surface area contributed by atoms with Crippen molar-refractivity contribution in [2.45, 2.75) is 33.6 Å². The normalized spacial score (nSPS) is 12.7. The highest BCUT2D eigenvalue weighted by Crippen LogP contribution is 2.24. The van der Waals surface area contributed by atoms with Gasteiger partial charge in [0.25, 0.3) is 0 Å². The second-order valence-corrected chi connectivity index (χ2v) is 5.49. The first-order valence-corrected chi connectivity index (χ1v) is 7.49. The molecule has 124 valence electrons. The molecule has 0 heterocycles. The standard InChI is InChI=1S/C9H12O2.C8H12N4/c1-7(2)8-5-3-4-6-9(8)11-10;1-7(3-9)5-11-12-6-8(2)4-10/h3-7,10H,1-2H3;7-8H,5-6H2,1-2H3. The number of rotatable bonds is 6. The van der Waals surface area contributed by atoms with Gasteiger partial charge in [-0.15, -0.1) is 0 Å². The topological polar surface area (TPSA) is 102 Å². The largest absolute Gasteiger partial charge is 0.340 e. The lowest BCUT2D eigenvalue weighted by Crippen LogP contribution is -1.96. The number of benzene rings is 1. The molecule has 0 amide bonds. The van der Waals surface area contributed by atoms with Gasteiger partial charge in [-0.1, -0.05) is 32.0 Å². The van der Waals surface area contributed by atoms with Crippen LogP contribution < -0.4 is 4.89 Å². The molecule has 0 aliphatic heterocycles. The summed E-state index contributed by atoms with van der Waals surface area (Å²) in [7, 11) is 0. The summed E-state index contributed by atoms with van der Waals surface area (Å²) >= 11 is 0. The van der Waals surface area contributed by atoms with Gasteiger partial charge in [-0.3, -0.25) is 0 Å². The number of nitrogens with zero attached hydrogens (tertiary/aromatic N) is 4. The van der Waals surface area contributed by atoms with Gasteiger partial charge in [0.05, 0.1) is 37.1 Å². The molecule has 0 aliphatic carbocycles. The Bertz CT molecular complexity index is 534. The highest BCUT2D eigenvalue weighted by atomic mass is 17.1. The van der Waals surface area contributed by atoms with Crippen molar-refractivity contribution in [1.82, 2.24) is 0 Å². The number of hydrogen-bond acceptors (Lipinski definition) is 6. The molecule has 23 heavy (non-hydrogen) atoms. The van der Waals surface area contributed by atoms with Crippen molar-refractivity contribution in [1.29, 1.82) is 10.5 Å². The SMILES string of the molecule is CC(C#N)CN=NCC(C)C#N.CC(C)c1ccccc1OO. The Morgan fingerprint density at radius 2 is 1.48 bits per heavy atom. The first kappa shape index (κ1) is 20.6. The lowest BCUT2D eigenvalue weighted by molar-refractivity contribution is -0.138. The minimum atomic E-state index is -0.0915. The van der Waals surface area contributed by atoms with Crippen LogP contribution in [0.4, 0.5) is 0 Å². The smallest absolute Gasteiger partial charge is 0.168 e. The van der Waals surface area contributed by atoms with E-state index in [4.69, 9.17) is 15.8 Å². The monoisotopic (exact) mass is 316 g/mol. The highest BCUT2D eigenvalue weighted by Gasteiger charge is 2.05. The van der Waals surface area contributed by atoms with Gasteiger partial charge < -0.3 is 4.89 Å². The third-order valence-corrected chi connectivity index (χ3v) is 2.89. The molecule has 1 aromatic carbocycles. The quantitative estimate of drug-likeness (QED) is 0.476. The Balaban J connectivity index is 0.000000422. The first-order valence-electron chi connectivity index (χ1n) is 7.49. The summed E-state index contributed by atoms with van der Waals surface area (Å²) in [5.41, 5.74) is 1.02. The van der Waals surface area contributed by atoms with Crippen molar-refractivity contribution in [3.63, 3.8) is 0 Å². The summed E-state index contributed by atoms with van der Waals surface area (Å²) < 4.78 is 0. The summed E-state index contributed by atoms with van der Waals surface area (Å²) in [6, 6.07) is 11.5. The molecule has 1 N–H and O–H groups in total. The third-order valence-electron chi connectivity index (χ3n) is 2.89. The molecule has 0 fully saturated rings. The number of para-hydroxylation sites is 1. The van der Waals surface area contributed by atoms with Gasteiger partial charge >= 0.3 is 0 Å². The fraction of sp³-hybridized carbons (Fsp3) is 0.529. The molecule has 0 radical (unpaired) electrons. The maximum absolute atomic E-state index is 8.47. The Kier molecular flexibility index (Phi) is 10.9. The maximum atomic E-state index is 8.47. The molecule has 0 saturated carbocycles. The second kappa shape index (κ2) is 12.1. The average Bonchev–Trinajstić information content (AvgIpc) is 2.58. The van der Waals surface area contributed by atoms with Crippen LogP contribution in [0.3, 0.4) is 0 Å². The molecule has 1 rings (SSSR count). The van der Waals surface area contributed by atoms with E-state index < -0.39 is 0 Å². The Morgan fingerprint density at radius 3 is 1.83 bits per heavy atom. The van der Waals surface area contributed by atoms with Crippen molar-refractivity contribution in [2.75, 3.05) is 13.1 Å². The van der Waals surface area contributed by atoms with Crippen LogP contribution in [0.2, 0.25) is 0 Å². The maximum Gasteiger partial charge on any atom is 0.168 e. The minimum absolute atomic E-state index is 0.0915.